The number of fused-ring (bicyclic) bond motifs is 1. The second kappa shape index (κ2) is 3.96. The van der Waals surface area contributed by atoms with Gasteiger partial charge in [0, 0.05) is 13.6 Å². The smallest absolute Gasteiger partial charge is 0.264 e. The Labute approximate surface area is 105 Å². The van der Waals surface area contributed by atoms with E-state index in [0.717, 1.165) is 17.8 Å². The number of carbonyl (C=O) groups excluding carboxylic acids is 1. The Morgan fingerprint density at radius 3 is 3.06 bits per heavy atom. The Balaban J connectivity index is 2.02. The van der Waals surface area contributed by atoms with E-state index in [-0.39, 0.29) is 12.5 Å². The maximum absolute atomic E-state index is 11.6. The minimum atomic E-state index is -0.837. The molecule has 0 bridgehead atoms. The van der Waals surface area contributed by atoms with E-state index in [2.05, 4.69) is 5.32 Å². The molecule has 1 saturated heterocycles. The lowest BCUT2D eigenvalue weighted by molar-refractivity contribution is -0.121. The van der Waals surface area contributed by atoms with Crippen molar-refractivity contribution in [3.8, 4) is 5.75 Å². The van der Waals surface area contributed by atoms with Gasteiger partial charge in [-0.25, -0.2) is 0 Å². The van der Waals surface area contributed by atoms with Crippen LogP contribution in [0.3, 0.4) is 0 Å². The van der Waals surface area contributed by atoms with Crippen LogP contribution in [0, 0.1) is 0 Å². The predicted octanol–water partition coefficient (Wildman–Crippen LogP) is 0.223. The van der Waals surface area contributed by atoms with Crippen molar-refractivity contribution in [2.24, 2.45) is 0 Å². The number of hydrogen-bond acceptors (Lipinski definition) is 4. The first-order valence-electron chi connectivity index (χ1n) is 6.07. The van der Waals surface area contributed by atoms with E-state index in [1.54, 1.807) is 11.9 Å². The van der Waals surface area contributed by atoms with E-state index in [0.29, 0.717) is 18.7 Å². The monoisotopic (exact) mass is 248 g/mol. The van der Waals surface area contributed by atoms with Crippen LogP contribution >= 0.6 is 0 Å². The van der Waals surface area contributed by atoms with Crippen molar-refractivity contribution >= 4 is 11.6 Å². The Kier molecular flexibility index (Phi) is 2.53. The van der Waals surface area contributed by atoms with Gasteiger partial charge in [-0.15, -0.1) is 0 Å². The fourth-order valence-electron chi connectivity index (χ4n) is 2.49. The molecule has 18 heavy (non-hydrogen) atoms. The fraction of sp³-hybridized carbons (Fsp3) is 0.462. The predicted molar refractivity (Wildman–Crippen MR) is 66.7 cm³/mol. The number of β-amino-alcohol motifs (C(OH)–C–C–N with tert-alkyl or cyclic N) is 1. The summed E-state index contributed by atoms with van der Waals surface area (Å²) in [4.78, 5) is 13.2. The van der Waals surface area contributed by atoms with Crippen LogP contribution in [-0.4, -0.2) is 37.8 Å². The van der Waals surface area contributed by atoms with Crippen LogP contribution in [0.5, 0.6) is 5.75 Å². The van der Waals surface area contributed by atoms with Crippen LogP contribution in [0.15, 0.2) is 18.2 Å². The standard InChI is InChI=1S/C13H16N2O3/c1-15-10-6-9(13(17)4-5-14-8-13)2-3-11(10)18-7-12(15)16/h2-3,6,14,17H,4-5,7-8H2,1H3. The molecule has 0 radical (unpaired) electrons. The van der Waals surface area contributed by atoms with Gasteiger partial charge >= 0.3 is 0 Å². The zero-order valence-corrected chi connectivity index (χ0v) is 10.3. The number of carbonyl (C=O) groups is 1. The van der Waals surface area contributed by atoms with Crippen molar-refractivity contribution in [2.45, 2.75) is 12.0 Å². The largest absolute Gasteiger partial charge is 0.482 e. The average molecular weight is 248 g/mol. The summed E-state index contributed by atoms with van der Waals surface area (Å²) in [5.74, 6) is 0.617. The lowest BCUT2D eigenvalue weighted by atomic mass is 9.92. The molecule has 1 unspecified atom stereocenters. The van der Waals surface area contributed by atoms with Gasteiger partial charge in [0.2, 0.25) is 0 Å². The number of aliphatic hydroxyl groups is 1. The van der Waals surface area contributed by atoms with E-state index < -0.39 is 5.60 Å². The molecule has 0 saturated carbocycles. The van der Waals surface area contributed by atoms with Gasteiger partial charge in [-0.05, 0) is 30.7 Å². The molecule has 96 valence electrons. The summed E-state index contributed by atoms with van der Waals surface area (Å²) in [6.45, 7) is 1.43. The number of benzene rings is 1. The first-order chi connectivity index (χ1) is 8.60. The maximum atomic E-state index is 11.6. The number of likely N-dealkylation sites (N-methyl/N-ethyl adjacent to an activating group) is 1. The molecular formula is C13H16N2O3. The maximum Gasteiger partial charge on any atom is 0.264 e. The fourth-order valence-corrected chi connectivity index (χ4v) is 2.49. The Hall–Kier alpha value is -1.59. The lowest BCUT2D eigenvalue weighted by Crippen LogP contribution is -2.36. The number of amides is 1. The number of rotatable bonds is 1. The molecule has 2 heterocycles. The summed E-state index contributed by atoms with van der Waals surface area (Å²) in [6.07, 6.45) is 0.685. The van der Waals surface area contributed by atoms with Crippen LogP contribution in [-0.2, 0) is 10.4 Å². The Morgan fingerprint density at radius 2 is 2.33 bits per heavy atom. The summed E-state index contributed by atoms with van der Waals surface area (Å²) in [5.41, 5.74) is 0.719. The third-order valence-corrected chi connectivity index (χ3v) is 3.72. The highest BCUT2D eigenvalue weighted by Crippen LogP contribution is 2.36. The van der Waals surface area contributed by atoms with Gasteiger partial charge in [0.05, 0.1) is 5.69 Å². The van der Waals surface area contributed by atoms with E-state index in [9.17, 15) is 9.90 Å². The highest BCUT2D eigenvalue weighted by atomic mass is 16.5. The number of ether oxygens (including phenoxy) is 1. The molecule has 5 heteroatoms. The SMILES string of the molecule is CN1C(=O)COc2ccc(C3(O)CCNC3)cc21. The van der Waals surface area contributed by atoms with Gasteiger partial charge in [0.15, 0.2) is 6.61 Å². The van der Waals surface area contributed by atoms with Gasteiger partial charge in [-0.2, -0.15) is 0 Å². The first-order valence-corrected chi connectivity index (χ1v) is 6.07. The summed E-state index contributed by atoms with van der Waals surface area (Å²) in [5, 5.41) is 13.7. The number of nitrogens with zero attached hydrogens (tertiary/aromatic N) is 1. The topological polar surface area (TPSA) is 61.8 Å². The van der Waals surface area contributed by atoms with Crippen molar-refractivity contribution in [1.29, 1.82) is 0 Å². The molecule has 2 aliphatic rings. The van der Waals surface area contributed by atoms with E-state index >= 15 is 0 Å². The molecule has 1 aromatic carbocycles. The molecule has 2 aliphatic heterocycles. The van der Waals surface area contributed by atoms with Gasteiger partial charge < -0.3 is 20.1 Å². The van der Waals surface area contributed by atoms with Crippen molar-refractivity contribution in [3.05, 3.63) is 23.8 Å². The second-order valence-electron chi connectivity index (χ2n) is 4.88. The van der Waals surface area contributed by atoms with Crippen molar-refractivity contribution in [1.82, 2.24) is 5.32 Å². The molecule has 1 amide bonds. The molecule has 2 N–H and O–H groups in total. The zero-order valence-electron chi connectivity index (χ0n) is 10.3. The first kappa shape index (κ1) is 11.5. The zero-order chi connectivity index (χ0) is 12.8. The second-order valence-corrected chi connectivity index (χ2v) is 4.88. The molecule has 1 fully saturated rings. The van der Waals surface area contributed by atoms with Gasteiger partial charge in [0.1, 0.15) is 11.4 Å². The Morgan fingerprint density at radius 1 is 1.50 bits per heavy atom. The van der Waals surface area contributed by atoms with Crippen LogP contribution in [0.1, 0.15) is 12.0 Å². The van der Waals surface area contributed by atoms with Crippen molar-refractivity contribution in [3.63, 3.8) is 0 Å². The molecule has 3 rings (SSSR count). The quantitative estimate of drug-likeness (QED) is 0.746. The average Bonchev–Trinajstić information content (AvgIpc) is 2.82. The molecular weight excluding hydrogens is 232 g/mol. The van der Waals surface area contributed by atoms with E-state index in [4.69, 9.17) is 4.74 Å². The van der Waals surface area contributed by atoms with Crippen molar-refractivity contribution in [2.75, 3.05) is 31.6 Å². The number of nitrogens with one attached hydrogen (secondary N) is 1. The molecule has 1 aromatic rings. The molecule has 0 spiro atoms. The summed E-state index contributed by atoms with van der Waals surface area (Å²) in [6, 6.07) is 5.54. The number of anilines is 1. The minimum absolute atomic E-state index is 0.0730. The summed E-state index contributed by atoms with van der Waals surface area (Å²) in [7, 11) is 1.73. The molecule has 5 nitrogen and oxygen atoms in total. The third-order valence-electron chi connectivity index (χ3n) is 3.72. The van der Waals surface area contributed by atoms with Crippen LogP contribution in [0.2, 0.25) is 0 Å². The van der Waals surface area contributed by atoms with Crippen LogP contribution in [0.4, 0.5) is 5.69 Å². The number of hydrogen-bond donors (Lipinski definition) is 2. The van der Waals surface area contributed by atoms with E-state index in [1.165, 1.54) is 0 Å². The van der Waals surface area contributed by atoms with Crippen molar-refractivity contribution < 1.29 is 14.6 Å². The third kappa shape index (κ3) is 1.67. The molecule has 1 atom stereocenters. The van der Waals surface area contributed by atoms with Crippen LogP contribution < -0.4 is 15.0 Å². The minimum Gasteiger partial charge on any atom is -0.482 e. The highest BCUT2D eigenvalue weighted by molar-refractivity contribution is 5.97. The normalized spacial score (nSPS) is 27.0. The van der Waals surface area contributed by atoms with E-state index in [1.807, 2.05) is 18.2 Å². The van der Waals surface area contributed by atoms with Gasteiger partial charge in [0.25, 0.3) is 5.91 Å². The summed E-state index contributed by atoms with van der Waals surface area (Å²) >= 11 is 0. The summed E-state index contributed by atoms with van der Waals surface area (Å²) < 4.78 is 5.37. The van der Waals surface area contributed by atoms with Gasteiger partial charge in [-0.1, -0.05) is 6.07 Å². The molecule has 0 aliphatic carbocycles. The lowest BCUT2D eigenvalue weighted by Gasteiger charge is -2.29. The highest BCUT2D eigenvalue weighted by Gasteiger charge is 2.34. The molecule has 0 aromatic heterocycles. The van der Waals surface area contributed by atoms with Gasteiger partial charge in [-0.3, -0.25) is 4.79 Å². The van der Waals surface area contributed by atoms with Crippen LogP contribution in [0.25, 0.3) is 0 Å². The Bertz CT molecular complexity index is 495.